The molecule has 1 unspecified atom stereocenters. The zero-order valence-electron chi connectivity index (χ0n) is 13.9. The number of carbonyl (C=O) groups excluding carboxylic acids is 1. The molecular formula is C17H22N4O2S. The molecule has 0 spiro atoms. The summed E-state index contributed by atoms with van der Waals surface area (Å²) < 4.78 is 5.53. The molecule has 1 amide bonds. The number of thiazole rings is 1. The first-order valence-electron chi connectivity index (χ1n) is 7.97. The van der Waals surface area contributed by atoms with Crippen LogP contribution in [0.25, 0.3) is 0 Å². The van der Waals surface area contributed by atoms with Gasteiger partial charge in [-0.25, -0.2) is 4.98 Å². The topological polar surface area (TPSA) is 66.5 Å². The number of nitrogens with one attached hydrogen (secondary N) is 2. The number of hydrogen-bond acceptors (Lipinski definition) is 6. The fraction of sp³-hybridized carbons (Fsp3) is 0.412. The maximum Gasteiger partial charge on any atom is 0.223 e. The second-order valence-electron chi connectivity index (χ2n) is 5.76. The lowest BCUT2D eigenvalue weighted by Gasteiger charge is -2.36. The molecule has 0 saturated carbocycles. The lowest BCUT2D eigenvalue weighted by atomic mass is 10.0. The van der Waals surface area contributed by atoms with E-state index < -0.39 is 0 Å². The number of piperazine rings is 1. The third-order valence-corrected chi connectivity index (χ3v) is 4.86. The molecule has 2 aromatic rings. The quantitative estimate of drug-likeness (QED) is 0.869. The number of anilines is 1. The first kappa shape index (κ1) is 16.9. The van der Waals surface area contributed by atoms with Crippen molar-refractivity contribution in [2.24, 2.45) is 0 Å². The first-order chi connectivity index (χ1) is 11.7. The molecule has 1 fully saturated rings. The van der Waals surface area contributed by atoms with Gasteiger partial charge in [0.15, 0.2) is 5.13 Å². The van der Waals surface area contributed by atoms with E-state index in [0.29, 0.717) is 5.13 Å². The zero-order chi connectivity index (χ0) is 16.9. The van der Waals surface area contributed by atoms with Crippen molar-refractivity contribution < 1.29 is 9.53 Å². The molecule has 6 nitrogen and oxygen atoms in total. The summed E-state index contributed by atoms with van der Waals surface area (Å²) in [6.45, 7) is 5.02. The number of amides is 1. The fourth-order valence-corrected chi connectivity index (χ4v) is 3.73. The highest BCUT2D eigenvalue weighted by atomic mass is 32.1. The Morgan fingerprint density at radius 3 is 3.12 bits per heavy atom. The van der Waals surface area contributed by atoms with E-state index in [4.69, 9.17) is 4.74 Å². The Kier molecular flexibility index (Phi) is 5.44. The number of para-hydroxylation sites is 1. The molecule has 1 atom stereocenters. The van der Waals surface area contributed by atoms with Gasteiger partial charge in [-0.05, 0) is 6.07 Å². The average Bonchev–Trinajstić information content (AvgIpc) is 3.01. The van der Waals surface area contributed by atoms with E-state index in [0.717, 1.165) is 37.6 Å². The lowest BCUT2D eigenvalue weighted by Crippen LogP contribution is -2.45. The van der Waals surface area contributed by atoms with Gasteiger partial charge in [0.2, 0.25) is 5.91 Å². The minimum Gasteiger partial charge on any atom is -0.496 e. The van der Waals surface area contributed by atoms with Gasteiger partial charge in [0, 0.05) is 44.0 Å². The highest BCUT2D eigenvalue weighted by Crippen LogP contribution is 2.31. The largest absolute Gasteiger partial charge is 0.496 e. The van der Waals surface area contributed by atoms with Gasteiger partial charge in [-0.15, -0.1) is 11.3 Å². The van der Waals surface area contributed by atoms with Crippen LogP contribution in [-0.2, 0) is 11.3 Å². The minimum absolute atomic E-state index is 0.0926. The van der Waals surface area contributed by atoms with Crippen molar-refractivity contribution >= 4 is 22.4 Å². The molecule has 1 aromatic carbocycles. The van der Waals surface area contributed by atoms with Crippen molar-refractivity contribution in [1.82, 2.24) is 15.2 Å². The summed E-state index contributed by atoms with van der Waals surface area (Å²) in [5.41, 5.74) is 2.16. The van der Waals surface area contributed by atoms with Gasteiger partial charge in [0.25, 0.3) is 0 Å². The molecule has 1 saturated heterocycles. The Hall–Kier alpha value is -1.96. The number of carbonyl (C=O) groups is 1. The van der Waals surface area contributed by atoms with Crippen LogP contribution >= 0.6 is 11.3 Å². The summed E-state index contributed by atoms with van der Waals surface area (Å²) in [7, 11) is 1.71. The third-order valence-electron chi connectivity index (χ3n) is 4.05. The fourth-order valence-electron chi connectivity index (χ4n) is 2.98. The van der Waals surface area contributed by atoms with Gasteiger partial charge < -0.3 is 15.4 Å². The minimum atomic E-state index is -0.0926. The maximum absolute atomic E-state index is 11.1. The van der Waals surface area contributed by atoms with E-state index in [2.05, 4.69) is 26.6 Å². The standard InChI is InChI=1S/C17H22N4O2S/c1-12(22)19-17-20-13(11-24-17)10-21-8-7-18-9-15(21)14-5-3-4-6-16(14)23-2/h3-6,11,15,18H,7-10H2,1-2H3,(H,19,20,22). The van der Waals surface area contributed by atoms with E-state index in [1.165, 1.54) is 23.8 Å². The third kappa shape index (κ3) is 3.92. The predicted octanol–water partition coefficient (Wildman–Crippen LogP) is 2.26. The van der Waals surface area contributed by atoms with E-state index in [9.17, 15) is 4.79 Å². The normalized spacial score (nSPS) is 18.3. The van der Waals surface area contributed by atoms with Crippen molar-refractivity contribution in [1.29, 1.82) is 0 Å². The highest BCUT2D eigenvalue weighted by Gasteiger charge is 2.26. The van der Waals surface area contributed by atoms with Gasteiger partial charge in [0.05, 0.1) is 18.8 Å². The van der Waals surface area contributed by atoms with E-state index >= 15 is 0 Å². The van der Waals surface area contributed by atoms with Crippen molar-refractivity contribution in [3.63, 3.8) is 0 Å². The summed E-state index contributed by atoms with van der Waals surface area (Å²) in [5, 5.41) is 8.86. The SMILES string of the molecule is COc1ccccc1C1CNCCN1Cc1csc(NC(C)=O)n1. The van der Waals surface area contributed by atoms with E-state index in [1.807, 2.05) is 23.6 Å². The molecule has 2 N–H and O–H groups in total. The molecule has 1 aromatic heterocycles. The number of methoxy groups -OCH3 is 1. The monoisotopic (exact) mass is 346 g/mol. The van der Waals surface area contributed by atoms with Crippen LogP contribution in [0, 0.1) is 0 Å². The van der Waals surface area contributed by atoms with Gasteiger partial charge in [-0.1, -0.05) is 18.2 Å². The molecule has 24 heavy (non-hydrogen) atoms. The van der Waals surface area contributed by atoms with Gasteiger partial charge >= 0.3 is 0 Å². The van der Waals surface area contributed by atoms with Crippen molar-refractivity contribution in [2.45, 2.75) is 19.5 Å². The molecule has 128 valence electrons. The number of hydrogen-bond donors (Lipinski definition) is 2. The van der Waals surface area contributed by atoms with Crippen molar-refractivity contribution in [3.8, 4) is 5.75 Å². The van der Waals surface area contributed by atoms with Crippen LogP contribution in [0.2, 0.25) is 0 Å². The van der Waals surface area contributed by atoms with Crippen LogP contribution < -0.4 is 15.4 Å². The molecule has 1 aliphatic rings. The number of rotatable bonds is 5. The molecule has 3 rings (SSSR count). The maximum atomic E-state index is 11.1. The molecule has 0 bridgehead atoms. The van der Waals surface area contributed by atoms with Gasteiger partial charge in [0.1, 0.15) is 5.75 Å². The lowest BCUT2D eigenvalue weighted by molar-refractivity contribution is -0.114. The van der Waals surface area contributed by atoms with Crippen LogP contribution in [0.5, 0.6) is 5.75 Å². The van der Waals surface area contributed by atoms with E-state index in [-0.39, 0.29) is 11.9 Å². The average molecular weight is 346 g/mol. The van der Waals surface area contributed by atoms with E-state index in [1.54, 1.807) is 7.11 Å². The second-order valence-corrected chi connectivity index (χ2v) is 6.62. The summed E-state index contributed by atoms with van der Waals surface area (Å²) in [5.74, 6) is 0.818. The predicted molar refractivity (Wildman–Crippen MR) is 95.4 cm³/mol. The van der Waals surface area contributed by atoms with Crippen LogP contribution in [0.1, 0.15) is 24.2 Å². The smallest absolute Gasteiger partial charge is 0.223 e. The Morgan fingerprint density at radius 1 is 1.50 bits per heavy atom. The Labute approximate surface area is 145 Å². The number of ether oxygens (including phenoxy) is 1. The molecule has 0 aliphatic carbocycles. The van der Waals surface area contributed by atoms with Crippen LogP contribution in [0.3, 0.4) is 0 Å². The van der Waals surface area contributed by atoms with Crippen LogP contribution in [-0.4, -0.2) is 42.5 Å². The second kappa shape index (κ2) is 7.74. The van der Waals surface area contributed by atoms with Crippen LogP contribution in [0.4, 0.5) is 5.13 Å². The Balaban J connectivity index is 1.77. The molecule has 2 heterocycles. The summed E-state index contributed by atoms with van der Waals surface area (Å²) >= 11 is 1.46. The van der Waals surface area contributed by atoms with Gasteiger partial charge in [-0.2, -0.15) is 0 Å². The number of aromatic nitrogens is 1. The molecule has 7 heteroatoms. The van der Waals surface area contributed by atoms with Gasteiger partial charge in [-0.3, -0.25) is 9.69 Å². The number of benzene rings is 1. The summed E-state index contributed by atoms with van der Waals surface area (Å²) in [6, 6.07) is 8.39. The highest BCUT2D eigenvalue weighted by molar-refractivity contribution is 7.13. The Morgan fingerprint density at radius 2 is 2.33 bits per heavy atom. The Bertz CT molecular complexity index is 703. The van der Waals surface area contributed by atoms with Crippen molar-refractivity contribution in [2.75, 3.05) is 32.1 Å². The van der Waals surface area contributed by atoms with Crippen molar-refractivity contribution in [3.05, 3.63) is 40.9 Å². The molecule has 0 radical (unpaired) electrons. The number of nitrogens with zero attached hydrogens (tertiary/aromatic N) is 2. The molecule has 1 aliphatic heterocycles. The molecular weight excluding hydrogens is 324 g/mol. The summed E-state index contributed by atoms with van der Waals surface area (Å²) in [6.07, 6.45) is 0. The first-order valence-corrected chi connectivity index (χ1v) is 8.85. The van der Waals surface area contributed by atoms with Crippen LogP contribution in [0.15, 0.2) is 29.6 Å². The summed E-state index contributed by atoms with van der Waals surface area (Å²) in [4.78, 5) is 18.1. The zero-order valence-corrected chi connectivity index (χ0v) is 14.7.